The zero-order valence-corrected chi connectivity index (χ0v) is 16.0. The molecule has 0 radical (unpaired) electrons. The van der Waals surface area contributed by atoms with E-state index in [1.165, 1.54) is 16.4 Å². The van der Waals surface area contributed by atoms with Crippen molar-refractivity contribution in [2.45, 2.75) is 37.5 Å². The standard InChI is InChI=1S/C18H24N2O6S/c1-2-26-15-7-6-12(19-17(21)13-11-14(13)18(22)23)10-16(15)27(24,25)20-8-4-3-5-9-20/h6-7,10,13-14H,2-5,8-9,11H2,1H3,(H,19,21)(H,22,23). The number of hydrogen-bond acceptors (Lipinski definition) is 5. The number of sulfonamides is 1. The van der Waals surface area contributed by atoms with Crippen LogP contribution in [-0.4, -0.2) is 49.4 Å². The van der Waals surface area contributed by atoms with Crippen molar-refractivity contribution in [3.05, 3.63) is 18.2 Å². The highest BCUT2D eigenvalue weighted by molar-refractivity contribution is 7.89. The van der Waals surface area contributed by atoms with E-state index in [4.69, 9.17) is 9.84 Å². The Labute approximate surface area is 158 Å². The minimum Gasteiger partial charge on any atom is -0.492 e. The molecule has 27 heavy (non-hydrogen) atoms. The van der Waals surface area contributed by atoms with E-state index in [2.05, 4.69) is 5.32 Å². The van der Waals surface area contributed by atoms with E-state index in [0.29, 0.717) is 31.8 Å². The zero-order valence-electron chi connectivity index (χ0n) is 15.2. The van der Waals surface area contributed by atoms with Gasteiger partial charge in [0.1, 0.15) is 10.6 Å². The minimum atomic E-state index is -3.74. The first-order chi connectivity index (χ1) is 12.8. The number of piperidine rings is 1. The van der Waals surface area contributed by atoms with Crippen molar-refractivity contribution in [2.24, 2.45) is 11.8 Å². The van der Waals surface area contributed by atoms with Crippen LogP contribution in [0.15, 0.2) is 23.1 Å². The highest BCUT2D eigenvalue weighted by Crippen LogP contribution is 2.40. The average molecular weight is 396 g/mol. The lowest BCUT2D eigenvalue weighted by Gasteiger charge is -2.27. The number of carbonyl (C=O) groups excluding carboxylic acids is 1. The summed E-state index contributed by atoms with van der Waals surface area (Å²) in [5.41, 5.74) is 0.315. The molecule has 2 atom stereocenters. The highest BCUT2D eigenvalue weighted by Gasteiger charge is 2.48. The van der Waals surface area contributed by atoms with E-state index < -0.39 is 33.7 Å². The minimum absolute atomic E-state index is 0.0228. The van der Waals surface area contributed by atoms with Crippen molar-refractivity contribution in [2.75, 3.05) is 25.0 Å². The van der Waals surface area contributed by atoms with Crippen LogP contribution in [0.4, 0.5) is 5.69 Å². The van der Waals surface area contributed by atoms with Gasteiger partial charge < -0.3 is 15.2 Å². The molecule has 1 amide bonds. The van der Waals surface area contributed by atoms with Crippen molar-refractivity contribution < 1.29 is 27.9 Å². The average Bonchev–Trinajstić information content (AvgIpc) is 3.45. The van der Waals surface area contributed by atoms with Gasteiger partial charge in [0.15, 0.2) is 0 Å². The van der Waals surface area contributed by atoms with Crippen LogP contribution in [0.25, 0.3) is 0 Å². The Morgan fingerprint density at radius 1 is 1.22 bits per heavy atom. The van der Waals surface area contributed by atoms with Gasteiger partial charge >= 0.3 is 5.97 Å². The Kier molecular flexibility index (Phi) is 5.71. The molecule has 1 aliphatic heterocycles. The van der Waals surface area contributed by atoms with Gasteiger partial charge in [-0.05, 0) is 44.4 Å². The first kappa shape index (κ1) is 19.6. The van der Waals surface area contributed by atoms with Crippen LogP contribution in [0.2, 0.25) is 0 Å². The second kappa shape index (κ2) is 7.85. The molecule has 1 saturated carbocycles. The molecule has 1 heterocycles. The first-order valence-corrected chi connectivity index (χ1v) is 10.6. The van der Waals surface area contributed by atoms with Crippen LogP contribution in [0.5, 0.6) is 5.75 Å². The first-order valence-electron chi connectivity index (χ1n) is 9.15. The third-order valence-corrected chi connectivity index (χ3v) is 6.81. The number of carboxylic acid groups (broad SMARTS) is 1. The van der Waals surface area contributed by atoms with E-state index in [1.807, 2.05) is 0 Å². The number of ether oxygens (including phenoxy) is 1. The van der Waals surface area contributed by atoms with Gasteiger partial charge in [-0.25, -0.2) is 8.42 Å². The molecule has 2 N–H and O–H groups in total. The molecule has 1 aromatic carbocycles. The lowest BCUT2D eigenvalue weighted by molar-refractivity contribution is -0.139. The van der Waals surface area contributed by atoms with Crippen LogP contribution in [0, 0.1) is 11.8 Å². The molecule has 8 nitrogen and oxygen atoms in total. The van der Waals surface area contributed by atoms with E-state index >= 15 is 0 Å². The largest absolute Gasteiger partial charge is 0.492 e. The topological polar surface area (TPSA) is 113 Å². The van der Waals surface area contributed by atoms with Gasteiger partial charge in [0.05, 0.1) is 18.4 Å². The molecular weight excluding hydrogens is 372 g/mol. The summed E-state index contributed by atoms with van der Waals surface area (Å²) < 4.78 is 33.1. The fourth-order valence-corrected chi connectivity index (χ4v) is 4.97. The van der Waals surface area contributed by atoms with Gasteiger partial charge in [-0.3, -0.25) is 9.59 Å². The Hall–Kier alpha value is -2.13. The Morgan fingerprint density at radius 3 is 2.52 bits per heavy atom. The van der Waals surface area contributed by atoms with Gasteiger partial charge in [-0.15, -0.1) is 0 Å². The number of rotatable bonds is 7. The van der Waals surface area contributed by atoms with Gasteiger partial charge in [0.25, 0.3) is 0 Å². The maximum Gasteiger partial charge on any atom is 0.307 e. The number of aliphatic carboxylic acids is 1. The molecule has 9 heteroatoms. The molecule has 0 bridgehead atoms. The van der Waals surface area contributed by atoms with Crippen molar-refractivity contribution in [1.29, 1.82) is 0 Å². The molecule has 2 aliphatic rings. The predicted molar refractivity (Wildman–Crippen MR) is 98.1 cm³/mol. The third kappa shape index (κ3) is 4.24. The van der Waals surface area contributed by atoms with Gasteiger partial charge in [0, 0.05) is 18.8 Å². The molecule has 2 fully saturated rings. The van der Waals surface area contributed by atoms with Crippen molar-refractivity contribution in [3.8, 4) is 5.75 Å². The smallest absolute Gasteiger partial charge is 0.307 e. The number of anilines is 1. The fourth-order valence-electron chi connectivity index (χ4n) is 3.30. The number of amides is 1. The quantitative estimate of drug-likeness (QED) is 0.728. The van der Waals surface area contributed by atoms with Crippen LogP contribution >= 0.6 is 0 Å². The van der Waals surface area contributed by atoms with Gasteiger partial charge in [-0.1, -0.05) is 6.42 Å². The number of carboxylic acids is 1. The van der Waals surface area contributed by atoms with E-state index in [-0.39, 0.29) is 10.6 Å². The summed E-state index contributed by atoms with van der Waals surface area (Å²) in [6.45, 7) is 3.02. The summed E-state index contributed by atoms with van der Waals surface area (Å²) >= 11 is 0. The summed E-state index contributed by atoms with van der Waals surface area (Å²) in [5, 5.41) is 11.6. The Bertz CT molecular complexity index is 832. The van der Waals surface area contributed by atoms with Crippen LogP contribution in [0.3, 0.4) is 0 Å². The summed E-state index contributed by atoms with van der Waals surface area (Å²) in [6.07, 6.45) is 2.94. The third-order valence-electron chi connectivity index (χ3n) is 4.89. The molecule has 2 unspecified atom stereocenters. The number of nitrogens with zero attached hydrogens (tertiary/aromatic N) is 1. The van der Waals surface area contributed by atoms with Crippen LogP contribution in [0.1, 0.15) is 32.6 Å². The monoisotopic (exact) mass is 396 g/mol. The van der Waals surface area contributed by atoms with Gasteiger partial charge in [0.2, 0.25) is 15.9 Å². The second-order valence-corrected chi connectivity index (χ2v) is 8.74. The summed E-state index contributed by atoms with van der Waals surface area (Å²) in [4.78, 5) is 23.1. The number of hydrogen-bond donors (Lipinski definition) is 2. The second-order valence-electron chi connectivity index (χ2n) is 6.84. The Morgan fingerprint density at radius 2 is 1.93 bits per heavy atom. The fraction of sp³-hybridized carbons (Fsp3) is 0.556. The molecular formula is C18H24N2O6S. The zero-order chi connectivity index (χ0) is 19.6. The van der Waals surface area contributed by atoms with Crippen molar-refractivity contribution >= 4 is 27.6 Å². The molecule has 1 aromatic rings. The number of nitrogens with one attached hydrogen (secondary N) is 1. The lowest BCUT2D eigenvalue weighted by Crippen LogP contribution is -2.35. The molecule has 1 saturated heterocycles. The maximum absolute atomic E-state index is 13.1. The summed E-state index contributed by atoms with van der Waals surface area (Å²) in [6, 6.07) is 4.48. The molecule has 0 aromatic heterocycles. The molecule has 3 rings (SSSR count). The molecule has 148 valence electrons. The van der Waals surface area contributed by atoms with E-state index in [1.54, 1.807) is 13.0 Å². The van der Waals surface area contributed by atoms with Crippen LogP contribution in [-0.2, 0) is 19.6 Å². The molecule has 0 spiro atoms. The summed E-state index contributed by atoms with van der Waals surface area (Å²) in [7, 11) is -3.74. The van der Waals surface area contributed by atoms with Crippen molar-refractivity contribution in [1.82, 2.24) is 4.31 Å². The number of carbonyl (C=O) groups is 2. The normalized spacial score (nSPS) is 22.9. The van der Waals surface area contributed by atoms with Crippen LogP contribution < -0.4 is 10.1 Å². The van der Waals surface area contributed by atoms with E-state index in [0.717, 1.165) is 19.3 Å². The molecule has 1 aliphatic carbocycles. The number of benzene rings is 1. The lowest BCUT2D eigenvalue weighted by atomic mass is 10.2. The SMILES string of the molecule is CCOc1ccc(NC(=O)C2CC2C(=O)O)cc1S(=O)(=O)N1CCCCC1. The predicted octanol–water partition coefficient (Wildman–Crippen LogP) is 1.92. The maximum atomic E-state index is 13.1. The highest BCUT2D eigenvalue weighted by atomic mass is 32.2. The van der Waals surface area contributed by atoms with Gasteiger partial charge in [-0.2, -0.15) is 4.31 Å². The Balaban J connectivity index is 1.84. The van der Waals surface area contributed by atoms with E-state index in [9.17, 15) is 18.0 Å². The summed E-state index contributed by atoms with van der Waals surface area (Å²) in [5.74, 6) is -2.39. The van der Waals surface area contributed by atoms with Crippen molar-refractivity contribution in [3.63, 3.8) is 0 Å².